The normalized spacial score (nSPS) is 26.3. The lowest BCUT2D eigenvalue weighted by Crippen LogP contribution is -2.47. The highest BCUT2D eigenvalue weighted by Gasteiger charge is 2.29. The van der Waals surface area contributed by atoms with Crippen LogP contribution in [0.5, 0.6) is 0 Å². The van der Waals surface area contributed by atoms with Crippen molar-refractivity contribution >= 4 is 5.91 Å². The summed E-state index contributed by atoms with van der Waals surface area (Å²) in [6.45, 7) is 4.41. The van der Waals surface area contributed by atoms with Gasteiger partial charge in [0.2, 0.25) is 5.91 Å². The zero-order chi connectivity index (χ0) is 11.3. The van der Waals surface area contributed by atoms with Gasteiger partial charge >= 0.3 is 0 Å². The van der Waals surface area contributed by atoms with Gasteiger partial charge in [0, 0.05) is 26.7 Å². The summed E-state index contributed by atoms with van der Waals surface area (Å²) in [5, 5.41) is 3.35. The minimum absolute atomic E-state index is 0.139. The van der Waals surface area contributed by atoms with Crippen molar-refractivity contribution < 1.29 is 9.53 Å². The standard InChI is InChI=1S/C11H22N2O2/c1-9-10(5-4-6-12-9)11(14)13(2)7-8-15-3/h9-10,12H,4-8H2,1-3H3. The van der Waals surface area contributed by atoms with Crippen LogP contribution in [0.3, 0.4) is 0 Å². The van der Waals surface area contributed by atoms with Gasteiger partial charge in [-0.05, 0) is 26.3 Å². The molecule has 1 heterocycles. The Hall–Kier alpha value is -0.610. The van der Waals surface area contributed by atoms with E-state index in [1.807, 2.05) is 7.05 Å². The van der Waals surface area contributed by atoms with Crippen LogP contribution < -0.4 is 5.32 Å². The molecule has 4 heteroatoms. The second-order valence-corrected chi connectivity index (χ2v) is 4.24. The number of likely N-dealkylation sites (N-methyl/N-ethyl adjacent to an activating group) is 1. The first-order valence-corrected chi connectivity index (χ1v) is 5.64. The maximum Gasteiger partial charge on any atom is 0.227 e. The second-order valence-electron chi connectivity index (χ2n) is 4.24. The molecular weight excluding hydrogens is 192 g/mol. The molecule has 0 aliphatic carbocycles. The first kappa shape index (κ1) is 12.5. The van der Waals surface area contributed by atoms with Gasteiger partial charge in [-0.25, -0.2) is 0 Å². The molecule has 1 N–H and O–H groups in total. The summed E-state index contributed by atoms with van der Waals surface area (Å²) in [6, 6.07) is 0.302. The fourth-order valence-corrected chi connectivity index (χ4v) is 2.00. The summed E-state index contributed by atoms with van der Waals surface area (Å²) in [6.07, 6.45) is 2.10. The molecule has 88 valence electrons. The molecule has 0 bridgehead atoms. The maximum atomic E-state index is 12.0. The second kappa shape index (κ2) is 6.08. The molecule has 1 fully saturated rings. The van der Waals surface area contributed by atoms with Gasteiger partial charge in [0.05, 0.1) is 12.5 Å². The molecule has 2 unspecified atom stereocenters. The number of hydrogen-bond acceptors (Lipinski definition) is 3. The molecule has 1 amide bonds. The van der Waals surface area contributed by atoms with Gasteiger partial charge in [-0.3, -0.25) is 4.79 Å². The molecule has 15 heavy (non-hydrogen) atoms. The smallest absolute Gasteiger partial charge is 0.227 e. The molecule has 0 spiro atoms. The summed E-state index contributed by atoms with van der Waals surface area (Å²) in [4.78, 5) is 13.8. The molecule has 0 aromatic carbocycles. The maximum absolute atomic E-state index is 12.0. The summed E-state index contributed by atoms with van der Waals surface area (Å²) >= 11 is 0. The number of carbonyl (C=O) groups excluding carboxylic acids is 1. The fraction of sp³-hybridized carbons (Fsp3) is 0.909. The van der Waals surface area contributed by atoms with Gasteiger partial charge < -0.3 is 15.0 Å². The van der Waals surface area contributed by atoms with Gasteiger partial charge in [-0.1, -0.05) is 0 Å². The van der Waals surface area contributed by atoms with E-state index in [2.05, 4.69) is 12.2 Å². The molecule has 0 aromatic rings. The minimum Gasteiger partial charge on any atom is -0.383 e. The summed E-state index contributed by atoms with van der Waals surface area (Å²) < 4.78 is 4.97. The summed E-state index contributed by atoms with van der Waals surface area (Å²) in [5.74, 6) is 0.382. The van der Waals surface area contributed by atoms with Crippen LogP contribution >= 0.6 is 0 Å². The van der Waals surface area contributed by atoms with Gasteiger partial charge in [0.25, 0.3) is 0 Å². The average molecular weight is 214 g/mol. The van der Waals surface area contributed by atoms with E-state index in [4.69, 9.17) is 4.74 Å². The summed E-state index contributed by atoms with van der Waals surface area (Å²) in [7, 11) is 3.51. The Kier molecular flexibility index (Phi) is 5.05. The van der Waals surface area contributed by atoms with Crippen LogP contribution in [0.1, 0.15) is 19.8 Å². The Balaban J connectivity index is 2.43. The van der Waals surface area contributed by atoms with Gasteiger partial charge in [-0.2, -0.15) is 0 Å². The lowest BCUT2D eigenvalue weighted by Gasteiger charge is -2.32. The van der Waals surface area contributed by atoms with Crippen molar-refractivity contribution in [3.05, 3.63) is 0 Å². The Labute approximate surface area is 92.0 Å². The van der Waals surface area contributed by atoms with E-state index < -0.39 is 0 Å². The van der Waals surface area contributed by atoms with Crippen LogP contribution in [-0.4, -0.2) is 50.7 Å². The lowest BCUT2D eigenvalue weighted by atomic mass is 9.91. The zero-order valence-corrected chi connectivity index (χ0v) is 9.95. The number of methoxy groups -OCH3 is 1. The van der Waals surface area contributed by atoms with Gasteiger partial charge in [0.15, 0.2) is 0 Å². The van der Waals surface area contributed by atoms with E-state index in [9.17, 15) is 4.79 Å². The Morgan fingerprint density at radius 3 is 2.93 bits per heavy atom. The van der Waals surface area contributed by atoms with Crippen molar-refractivity contribution in [2.45, 2.75) is 25.8 Å². The van der Waals surface area contributed by atoms with Crippen molar-refractivity contribution in [1.82, 2.24) is 10.2 Å². The first-order chi connectivity index (χ1) is 7.16. The predicted octanol–water partition coefficient (Wildman–Crippen LogP) is 0.479. The predicted molar refractivity (Wildman–Crippen MR) is 59.7 cm³/mol. The van der Waals surface area contributed by atoms with Crippen LogP contribution in [0.25, 0.3) is 0 Å². The molecule has 4 nitrogen and oxygen atoms in total. The topological polar surface area (TPSA) is 41.6 Å². The number of amides is 1. The molecule has 1 rings (SSSR count). The van der Waals surface area contributed by atoms with Crippen molar-refractivity contribution in [1.29, 1.82) is 0 Å². The number of ether oxygens (including phenoxy) is 1. The monoisotopic (exact) mass is 214 g/mol. The largest absolute Gasteiger partial charge is 0.383 e. The quantitative estimate of drug-likeness (QED) is 0.740. The average Bonchev–Trinajstić information content (AvgIpc) is 2.25. The third-order valence-electron chi connectivity index (χ3n) is 3.09. The lowest BCUT2D eigenvalue weighted by molar-refractivity contribution is -0.136. The third kappa shape index (κ3) is 3.47. The van der Waals surface area contributed by atoms with E-state index >= 15 is 0 Å². The van der Waals surface area contributed by atoms with Crippen LogP contribution in [0.4, 0.5) is 0 Å². The molecule has 2 atom stereocenters. The highest BCUT2D eigenvalue weighted by Crippen LogP contribution is 2.18. The number of rotatable bonds is 4. The minimum atomic E-state index is 0.139. The molecule has 1 aliphatic heterocycles. The zero-order valence-electron chi connectivity index (χ0n) is 9.95. The number of hydrogen-bond donors (Lipinski definition) is 1. The first-order valence-electron chi connectivity index (χ1n) is 5.64. The highest BCUT2D eigenvalue weighted by molar-refractivity contribution is 5.79. The van der Waals surface area contributed by atoms with Crippen LogP contribution in [0, 0.1) is 5.92 Å². The van der Waals surface area contributed by atoms with Crippen LogP contribution in [0.15, 0.2) is 0 Å². The number of carbonyl (C=O) groups is 1. The van der Waals surface area contributed by atoms with Gasteiger partial charge in [-0.15, -0.1) is 0 Å². The van der Waals surface area contributed by atoms with E-state index in [-0.39, 0.29) is 11.8 Å². The number of nitrogens with one attached hydrogen (secondary N) is 1. The molecule has 1 saturated heterocycles. The molecular formula is C11H22N2O2. The van der Waals surface area contributed by atoms with E-state index in [1.165, 1.54) is 0 Å². The molecule has 0 saturated carbocycles. The Morgan fingerprint density at radius 2 is 2.33 bits per heavy atom. The van der Waals surface area contributed by atoms with E-state index in [1.54, 1.807) is 12.0 Å². The van der Waals surface area contributed by atoms with E-state index in [0.717, 1.165) is 19.4 Å². The SMILES string of the molecule is COCCN(C)C(=O)C1CCCNC1C. The highest BCUT2D eigenvalue weighted by atomic mass is 16.5. The van der Waals surface area contributed by atoms with Crippen LogP contribution in [-0.2, 0) is 9.53 Å². The Bertz CT molecular complexity index is 209. The molecule has 0 aromatic heterocycles. The van der Waals surface area contributed by atoms with E-state index in [0.29, 0.717) is 19.2 Å². The van der Waals surface area contributed by atoms with Crippen molar-refractivity contribution in [3.8, 4) is 0 Å². The third-order valence-corrected chi connectivity index (χ3v) is 3.09. The van der Waals surface area contributed by atoms with Crippen LogP contribution in [0.2, 0.25) is 0 Å². The van der Waals surface area contributed by atoms with Crippen molar-refractivity contribution in [3.63, 3.8) is 0 Å². The van der Waals surface area contributed by atoms with Crippen molar-refractivity contribution in [2.24, 2.45) is 5.92 Å². The molecule has 0 radical (unpaired) electrons. The fourth-order valence-electron chi connectivity index (χ4n) is 2.00. The number of nitrogens with zero attached hydrogens (tertiary/aromatic N) is 1. The van der Waals surface area contributed by atoms with Crippen molar-refractivity contribution in [2.75, 3.05) is 33.9 Å². The molecule has 1 aliphatic rings. The Morgan fingerprint density at radius 1 is 1.60 bits per heavy atom. The number of piperidine rings is 1. The summed E-state index contributed by atoms with van der Waals surface area (Å²) in [5.41, 5.74) is 0. The van der Waals surface area contributed by atoms with Gasteiger partial charge in [0.1, 0.15) is 0 Å².